The van der Waals surface area contributed by atoms with Crippen LogP contribution in [0.5, 0.6) is 0 Å². The first-order valence-corrected chi connectivity index (χ1v) is 5.73. The minimum atomic E-state index is -0.609. The van der Waals surface area contributed by atoms with Crippen LogP contribution in [0.15, 0.2) is 42.5 Å². The van der Waals surface area contributed by atoms with Gasteiger partial charge in [-0.05, 0) is 23.3 Å². The Bertz CT molecular complexity index is 614. The molecule has 0 saturated heterocycles. The maximum atomic E-state index is 13.2. The molecule has 2 aromatic carbocycles. The lowest BCUT2D eigenvalue weighted by molar-refractivity contribution is 0.0991. The number of Topliss-reactive ketones (excluding diaryl/α,β-unsaturated/α-hetero) is 1. The van der Waals surface area contributed by atoms with Gasteiger partial charge in [0, 0.05) is 24.0 Å². The number of fused-ring (bicyclic) bond motifs is 1. The fourth-order valence-corrected chi connectivity index (χ4v) is 2.53. The minimum Gasteiger partial charge on any atom is -0.294 e. The van der Waals surface area contributed by atoms with Crippen LogP contribution in [-0.2, 0) is 0 Å². The molecule has 0 saturated carbocycles. The molecule has 1 atom stereocenters. The molecular weight excluding hydrogens is 234 g/mol. The van der Waals surface area contributed by atoms with Crippen LogP contribution in [0, 0.1) is 11.6 Å². The molecule has 0 aromatic heterocycles. The van der Waals surface area contributed by atoms with Crippen LogP contribution < -0.4 is 0 Å². The predicted octanol–water partition coefficient (Wildman–Crippen LogP) is 3.68. The summed E-state index contributed by atoms with van der Waals surface area (Å²) in [6.07, 6.45) is 0.280. The molecule has 0 radical (unpaired) electrons. The van der Waals surface area contributed by atoms with E-state index in [0.717, 1.165) is 11.6 Å². The van der Waals surface area contributed by atoms with Crippen LogP contribution in [0.1, 0.15) is 33.8 Å². The van der Waals surface area contributed by atoms with Crippen LogP contribution in [0.3, 0.4) is 0 Å². The highest BCUT2D eigenvalue weighted by atomic mass is 19.1. The van der Waals surface area contributed by atoms with Crippen molar-refractivity contribution in [3.8, 4) is 0 Å². The predicted molar refractivity (Wildman–Crippen MR) is 63.6 cm³/mol. The Kier molecular flexibility index (Phi) is 2.47. The molecule has 1 aliphatic rings. The van der Waals surface area contributed by atoms with E-state index in [2.05, 4.69) is 0 Å². The normalized spacial score (nSPS) is 17.9. The van der Waals surface area contributed by atoms with Crippen molar-refractivity contribution in [1.82, 2.24) is 0 Å². The first-order valence-electron chi connectivity index (χ1n) is 5.73. The molecular formula is C15H10F2O. The lowest BCUT2D eigenvalue weighted by Crippen LogP contribution is -1.98. The van der Waals surface area contributed by atoms with E-state index in [4.69, 9.17) is 0 Å². The monoisotopic (exact) mass is 244 g/mol. The fraction of sp³-hybridized carbons (Fsp3) is 0.133. The summed E-state index contributed by atoms with van der Waals surface area (Å²) < 4.78 is 26.5. The zero-order chi connectivity index (χ0) is 12.7. The summed E-state index contributed by atoms with van der Waals surface area (Å²) in [5, 5.41) is 0. The van der Waals surface area contributed by atoms with Gasteiger partial charge in [-0.3, -0.25) is 4.79 Å². The number of hydrogen-bond donors (Lipinski definition) is 0. The Morgan fingerprint density at radius 1 is 1.00 bits per heavy atom. The number of ketones is 1. The maximum absolute atomic E-state index is 13.2. The van der Waals surface area contributed by atoms with Gasteiger partial charge in [-0.15, -0.1) is 0 Å². The van der Waals surface area contributed by atoms with Gasteiger partial charge in [0.1, 0.15) is 11.6 Å². The van der Waals surface area contributed by atoms with Crippen molar-refractivity contribution in [3.63, 3.8) is 0 Å². The summed E-state index contributed by atoms with van der Waals surface area (Å²) in [7, 11) is 0. The average Bonchev–Trinajstić information content (AvgIpc) is 2.66. The molecule has 0 N–H and O–H groups in total. The fourth-order valence-electron chi connectivity index (χ4n) is 2.53. The summed E-state index contributed by atoms with van der Waals surface area (Å²) in [6.45, 7) is 0. The standard InChI is InChI=1S/C15H10F2O/c16-10-5-9(6-11(17)7-10)14-8-15(18)13-4-2-1-3-12(13)14/h1-7,14H,8H2. The number of rotatable bonds is 1. The third-order valence-corrected chi connectivity index (χ3v) is 3.31. The molecule has 3 heteroatoms. The van der Waals surface area contributed by atoms with Crippen LogP contribution in [0.25, 0.3) is 0 Å². The molecule has 1 aliphatic carbocycles. The van der Waals surface area contributed by atoms with Gasteiger partial charge >= 0.3 is 0 Å². The Morgan fingerprint density at radius 2 is 1.67 bits per heavy atom. The average molecular weight is 244 g/mol. The molecule has 2 aromatic rings. The molecule has 0 bridgehead atoms. The van der Waals surface area contributed by atoms with Gasteiger partial charge in [-0.25, -0.2) is 8.78 Å². The second kappa shape index (κ2) is 4.02. The Balaban J connectivity index is 2.12. The van der Waals surface area contributed by atoms with Gasteiger partial charge in [0.2, 0.25) is 0 Å². The van der Waals surface area contributed by atoms with Gasteiger partial charge in [0.15, 0.2) is 5.78 Å². The number of halogens is 2. The quantitative estimate of drug-likeness (QED) is 0.747. The van der Waals surface area contributed by atoms with Gasteiger partial charge < -0.3 is 0 Å². The van der Waals surface area contributed by atoms with E-state index in [-0.39, 0.29) is 18.1 Å². The topological polar surface area (TPSA) is 17.1 Å². The molecule has 0 spiro atoms. The van der Waals surface area contributed by atoms with Crippen molar-refractivity contribution in [2.45, 2.75) is 12.3 Å². The van der Waals surface area contributed by atoms with E-state index in [9.17, 15) is 13.6 Å². The van der Waals surface area contributed by atoms with Crippen molar-refractivity contribution in [2.75, 3.05) is 0 Å². The lowest BCUT2D eigenvalue weighted by atomic mass is 9.93. The molecule has 3 rings (SSSR count). The zero-order valence-corrected chi connectivity index (χ0v) is 9.49. The van der Waals surface area contributed by atoms with Crippen molar-refractivity contribution in [3.05, 3.63) is 70.8 Å². The largest absolute Gasteiger partial charge is 0.294 e. The molecule has 1 nitrogen and oxygen atoms in total. The van der Waals surface area contributed by atoms with E-state index in [1.54, 1.807) is 12.1 Å². The zero-order valence-electron chi connectivity index (χ0n) is 9.49. The van der Waals surface area contributed by atoms with Crippen molar-refractivity contribution < 1.29 is 13.6 Å². The second-order valence-corrected chi connectivity index (χ2v) is 4.47. The summed E-state index contributed by atoms with van der Waals surface area (Å²) in [5.74, 6) is -1.43. The van der Waals surface area contributed by atoms with Crippen molar-refractivity contribution in [2.24, 2.45) is 0 Å². The van der Waals surface area contributed by atoms with Gasteiger partial charge in [0.05, 0.1) is 0 Å². The van der Waals surface area contributed by atoms with E-state index in [1.807, 2.05) is 12.1 Å². The summed E-state index contributed by atoms with van der Waals surface area (Å²) in [5.41, 5.74) is 2.03. The Morgan fingerprint density at radius 3 is 2.39 bits per heavy atom. The minimum absolute atomic E-state index is 0.0280. The van der Waals surface area contributed by atoms with Crippen LogP contribution in [0.2, 0.25) is 0 Å². The van der Waals surface area contributed by atoms with Crippen LogP contribution in [-0.4, -0.2) is 5.78 Å². The summed E-state index contributed by atoms with van der Waals surface area (Å²) in [6, 6.07) is 10.7. The third kappa shape index (κ3) is 1.72. The highest BCUT2D eigenvalue weighted by Gasteiger charge is 2.30. The SMILES string of the molecule is O=C1CC(c2cc(F)cc(F)c2)c2ccccc21. The second-order valence-electron chi connectivity index (χ2n) is 4.47. The van der Waals surface area contributed by atoms with E-state index >= 15 is 0 Å². The molecule has 0 amide bonds. The summed E-state index contributed by atoms with van der Waals surface area (Å²) in [4.78, 5) is 11.8. The van der Waals surface area contributed by atoms with Gasteiger partial charge in [0.25, 0.3) is 0 Å². The molecule has 0 aliphatic heterocycles. The first kappa shape index (κ1) is 11.1. The highest BCUT2D eigenvalue weighted by Crippen LogP contribution is 2.38. The smallest absolute Gasteiger partial charge is 0.164 e. The molecule has 18 heavy (non-hydrogen) atoms. The molecule has 0 heterocycles. The number of benzene rings is 2. The Labute approximate surface area is 103 Å². The number of hydrogen-bond acceptors (Lipinski definition) is 1. The van der Waals surface area contributed by atoms with E-state index in [1.165, 1.54) is 12.1 Å². The molecule has 1 unspecified atom stereocenters. The van der Waals surface area contributed by atoms with Crippen molar-refractivity contribution >= 4 is 5.78 Å². The van der Waals surface area contributed by atoms with Gasteiger partial charge in [-0.2, -0.15) is 0 Å². The third-order valence-electron chi connectivity index (χ3n) is 3.31. The summed E-state index contributed by atoms with van der Waals surface area (Å²) >= 11 is 0. The number of carbonyl (C=O) groups excluding carboxylic acids is 1. The first-order chi connectivity index (χ1) is 8.65. The van der Waals surface area contributed by atoms with E-state index < -0.39 is 11.6 Å². The van der Waals surface area contributed by atoms with Gasteiger partial charge in [-0.1, -0.05) is 24.3 Å². The van der Waals surface area contributed by atoms with E-state index in [0.29, 0.717) is 11.1 Å². The lowest BCUT2D eigenvalue weighted by Gasteiger charge is -2.11. The van der Waals surface area contributed by atoms with Crippen molar-refractivity contribution in [1.29, 1.82) is 0 Å². The maximum Gasteiger partial charge on any atom is 0.164 e. The van der Waals surface area contributed by atoms with Crippen LogP contribution in [0.4, 0.5) is 8.78 Å². The highest BCUT2D eigenvalue weighted by molar-refractivity contribution is 6.01. The molecule has 0 fully saturated rings. The van der Waals surface area contributed by atoms with Crippen LogP contribution >= 0.6 is 0 Å². The number of carbonyl (C=O) groups is 1. The molecule has 90 valence electrons. The Hall–Kier alpha value is -2.03.